The molecule has 0 fully saturated rings. The van der Waals surface area contributed by atoms with Crippen LogP contribution in [0.1, 0.15) is 44.6 Å². The lowest BCUT2D eigenvalue weighted by Crippen LogP contribution is -2.21. The van der Waals surface area contributed by atoms with Gasteiger partial charge in [0.15, 0.2) is 12.4 Å². The minimum absolute atomic E-state index is 0.149. The number of ketones is 1. The average molecular weight is 339 g/mol. The molecule has 0 aliphatic carbocycles. The van der Waals surface area contributed by atoms with Crippen molar-refractivity contribution < 1.29 is 19.1 Å². The zero-order valence-electron chi connectivity index (χ0n) is 14.1. The molecule has 2 aromatic rings. The lowest BCUT2D eigenvalue weighted by molar-refractivity contribution is -0.119. The molecule has 1 amide bonds. The first kappa shape index (κ1) is 17.9. The van der Waals surface area contributed by atoms with Crippen LogP contribution in [0.4, 0.5) is 5.69 Å². The number of ether oxygens (including phenoxy) is 1. The SMILES string of the molecule is CC(=O)c1c(C)[nH]c(C(=O)OCC(=O)Nc2ccc(C#N)cc2)c1C. The van der Waals surface area contributed by atoms with Gasteiger partial charge in [0, 0.05) is 16.9 Å². The van der Waals surface area contributed by atoms with E-state index in [1.807, 2.05) is 6.07 Å². The Morgan fingerprint density at radius 3 is 2.36 bits per heavy atom. The number of amides is 1. The first-order valence-electron chi connectivity index (χ1n) is 7.50. The maximum atomic E-state index is 12.1. The molecular formula is C18H17N3O4. The first-order chi connectivity index (χ1) is 11.8. The molecular weight excluding hydrogens is 322 g/mol. The molecule has 1 aromatic carbocycles. The number of anilines is 1. The number of H-pyrrole nitrogens is 1. The molecule has 0 aliphatic rings. The lowest BCUT2D eigenvalue weighted by Gasteiger charge is -2.06. The molecule has 7 nitrogen and oxygen atoms in total. The zero-order chi connectivity index (χ0) is 18.6. The Kier molecular flexibility index (Phi) is 5.35. The van der Waals surface area contributed by atoms with Crippen LogP contribution in [0.25, 0.3) is 0 Å². The molecule has 1 aromatic heterocycles. The lowest BCUT2D eigenvalue weighted by atomic mass is 10.1. The van der Waals surface area contributed by atoms with E-state index < -0.39 is 18.5 Å². The highest BCUT2D eigenvalue weighted by molar-refractivity contribution is 6.01. The summed E-state index contributed by atoms with van der Waals surface area (Å²) in [7, 11) is 0. The van der Waals surface area contributed by atoms with Crippen LogP contribution in [0.5, 0.6) is 0 Å². The molecule has 0 spiro atoms. The van der Waals surface area contributed by atoms with Crippen molar-refractivity contribution in [2.45, 2.75) is 20.8 Å². The van der Waals surface area contributed by atoms with E-state index in [0.29, 0.717) is 28.1 Å². The molecule has 0 radical (unpaired) electrons. The minimum atomic E-state index is -0.705. The number of aryl methyl sites for hydroxylation is 1. The monoisotopic (exact) mass is 339 g/mol. The van der Waals surface area contributed by atoms with Gasteiger partial charge in [-0.05, 0) is 50.6 Å². The van der Waals surface area contributed by atoms with E-state index in [2.05, 4.69) is 10.3 Å². The van der Waals surface area contributed by atoms with Gasteiger partial charge in [0.1, 0.15) is 5.69 Å². The van der Waals surface area contributed by atoms with Gasteiger partial charge < -0.3 is 15.0 Å². The van der Waals surface area contributed by atoms with E-state index >= 15 is 0 Å². The number of hydrogen-bond acceptors (Lipinski definition) is 5. The summed E-state index contributed by atoms with van der Waals surface area (Å²) in [6.07, 6.45) is 0. The van der Waals surface area contributed by atoms with Gasteiger partial charge in [-0.3, -0.25) is 9.59 Å². The number of aromatic nitrogens is 1. The Labute approximate surface area is 144 Å². The van der Waals surface area contributed by atoms with E-state index in [9.17, 15) is 14.4 Å². The Bertz CT molecular complexity index is 873. The highest BCUT2D eigenvalue weighted by atomic mass is 16.5. The Hall–Kier alpha value is -3.40. The highest BCUT2D eigenvalue weighted by Gasteiger charge is 2.21. The van der Waals surface area contributed by atoms with E-state index in [0.717, 1.165) is 0 Å². The van der Waals surface area contributed by atoms with Crippen LogP contribution in [0.15, 0.2) is 24.3 Å². The van der Waals surface area contributed by atoms with Crippen LogP contribution in [0.3, 0.4) is 0 Å². The van der Waals surface area contributed by atoms with Crippen molar-refractivity contribution in [2.24, 2.45) is 0 Å². The molecule has 1 heterocycles. The standard InChI is InChI=1S/C18H17N3O4/c1-10-16(12(3)22)11(2)20-17(10)18(24)25-9-15(23)21-14-6-4-13(8-19)5-7-14/h4-7,20H,9H2,1-3H3,(H,21,23). The molecule has 0 bridgehead atoms. The molecule has 0 aliphatic heterocycles. The fourth-order valence-electron chi connectivity index (χ4n) is 2.51. The average Bonchev–Trinajstić information content (AvgIpc) is 2.88. The maximum Gasteiger partial charge on any atom is 0.355 e. The second-order valence-corrected chi connectivity index (χ2v) is 5.49. The molecule has 2 rings (SSSR count). The summed E-state index contributed by atoms with van der Waals surface area (Å²) in [6, 6.07) is 8.27. The van der Waals surface area contributed by atoms with Crippen LogP contribution in [-0.2, 0) is 9.53 Å². The van der Waals surface area contributed by atoms with Gasteiger partial charge in [0.2, 0.25) is 0 Å². The van der Waals surface area contributed by atoms with Crippen LogP contribution in [-0.4, -0.2) is 29.3 Å². The molecule has 0 atom stereocenters. The van der Waals surface area contributed by atoms with Crippen molar-refractivity contribution in [3.05, 3.63) is 52.3 Å². The highest BCUT2D eigenvalue weighted by Crippen LogP contribution is 2.19. The van der Waals surface area contributed by atoms with Crippen molar-refractivity contribution in [1.29, 1.82) is 5.26 Å². The van der Waals surface area contributed by atoms with Crippen LogP contribution < -0.4 is 5.32 Å². The van der Waals surface area contributed by atoms with Crippen LogP contribution in [0, 0.1) is 25.2 Å². The number of Topliss-reactive ketones (excluding diaryl/α,β-unsaturated/α-hetero) is 1. The Morgan fingerprint density at radius 2 is 1.84 bits per heavy atom. The third-order valence-corrected chi connectivity index (χ3v) is 3.63. The smallest absolute Gasteiger partial charge is 0.355 e. The summed E-state index contributed by atoms with van der Waals surface area (Å²) in [5.74, 6) is -1.36. The topological polar surface area (TPSA) is 112 Å². The summed E-state index contributed by atoms with van der Waals surface area (Å²) in [5, 5.41) is 11.3. The van der Waals surface area contributed by atoms with E-state index in [1.54, 1.807) is 38.1 Å². The van der Waals surface area contributed by atoms with Gasteiger partial charge in [0.25, 0.3) is 5.91 Å². The van der Waals surface area contributed by atoms with Gasteiger partial charge in [-0.1, -0.05) is 0 Å². The predicted molar refractivity (Wildman–Crippen MR) is 90.3 cm³/mol. The normalized spacial score (nSPS) is 10.0. The van der Waals surface area contributed by atoms with Crippen LogP contribution in [0.2, 0.25) is 0 Å². The van der Waals surface area contributed by atoms with Crippen molar-refractivity contribution in [1.82, 2.24) is 4.98 Å². The molecule has 25 heavy (non-hydrogen) atoms. The van der Waals surface area contributed by atoms with Crippen molar-refractivity contribution >= 4 is 23.3 Å². The van der Waals surface area contributed by atoms with Crippen LogP contribution >= 0.6 is 0 Å². The van der Waals surface area contributed by atoms with Crippen molar-refractivity contribution in [3.8, 4) is 6.07 Å². The number of nitrogens with zero attached hydrogens (tertiary/aromatic N) is 1. The summed E-state index contributed by atoms with van der Waals surface area (Å²) in [4.78, 5) is 38.4. The Balaban J connectivity index is 1.97. The number of nitrogens with one attached hydrogen (secondary N) is 2. The number of hydrogen-bond donors (Lipinski definition) is 2. The van der Waals surface area contributed by atoms with Crippen molar-refractivity contribution in [3.63, 3.8) is 0 Å². The van der Waals surface area contributed by atoms with Gasteiger partial charge in [-0.2, -0.15) is 5.26 Å². The number of aromatic amines is 1. The third-order valence-electron chi connectivity index (χ3n) is 3.63. The maximum absolute atomic E-state index is 12.1. The zero-order valence-corrected chi connectivity index (χ0v) is 14.1. The fourth-order valence-corrected chi connectivity index (χ4v) is 2.51. The van der Waals surface area contributed by atoms with Gasteiger partial charge in [0.05, 0.1) is 11.6 Å². The Morgan fingerprint density at radius 1 is 1.20 bits per heavy atom. The quantitative estimate of drug-likeness (QED) is 0.642. The molecule has 0 unspecified atom stereocenters. The molecule has 2 N–H and O–H groups in total. The molecule has 7 heteroatoms. The largest absolute Gasteiger partial charge is 0.451 e. The third kappa shape index (κ3) is 4.12. The number of carbonyl (C=O) groups excluding carboxylic acids is 3. The fraction of sp³-hybridized carbons (Fsp3) is 0.222. The number of rotatable bonds is 5. The van der Waals surface area contributed by atoms with Crippen molar-refractivity contribution in [2.75, 3.05) is 11.9 Å². The minimum Gasteiger partial charge on any atom is -0.451 e. The molecule has 128 valence electrons. The predicted octanol–water partition coefficient (Wildman–Crippen LogP) is 2.50. The molecule has 0 saturated carbocycles. The molecule has 0 saturated heterocycles. The van der Waals surface area contributed by atoms with E-state index in [1.165, 1.54) is 6.92 Å². The summed E-state index contributed by atoms with van der Waals surface area (Å²) in [6.45, 7) is 4.29. The van der Waals surface area contributed by atoms with E-state index in [-0.39, 0.29) is 11.5 Å². The summed E-state index contributed by atoms with van der Waals surface area (Å²) >= 11 is 0. The first-order valence-corrected chi connectivity index (χ1v) is 7.50. The number of nitriles is 1. The number of benzene rings is 1. The second kappa shape index (κ2) is 7.45. The summed E-state index contributed by atoms with van der Waals surface area (Å²) < 4.78 is 4.99. The van der Waals surface area contributed by atoms with Gasteiger partial charge in [-0.25, -0.2) is 4.79 Å². The van der Waals surface area contributed by atoms with Gasteiger partial charge >= 0.3 is 5.97 Å². The number of esters is 1. The second-order valence-electron chi connectivity index (χ2n) is 5.49. The summed E-state index contributed by atoms with van der Waals surface area (Å²) in [5.41, 5.74) is 2.67. The number of carbonyl (C=O) groups is 3. The van der Waals surface area contributed by atoms with E-state index in [4.69, 9.17) is 10.00 Å². The van der Waals surface area contributed by atoms with Gasteiger partial charge in [-0.15, -0.1) is 0 Å².